The van der Waals surface area contributed by atoms with Crippen molar-refractivity contribution >= 4 is 23.2 Å². The van der Waals surface area contributed by atoms with Crippen LogP contribution in [0.5, 0.6) is 0 Å². The zero-order chi connectivity index (χ0) is 17.6. The lowest BCUT2D eigenvalue weighted by Crippen LogP contribution is -2.45. The molecule has 1 amide bonds. The molecule has 2 aromatic heterocycles. The van der Waals surface area contributed by atoms with E-state index in [0.717, 1.165) is 19.5 Å². The Balaban J connectivity index is 1.84. The topological polar surface area (TPSA) is 125 Å². The third-order valence-electron chi connectivity index (χ3n) is 4.27. The van der Waals surface area contributed by atoms with Crippen molar-refractivity contribution in [3.8, 4) is 0 Å². The highest BCUT2D eigenvalue weighted by atomic mass is 16.3. The fourth-order valence-corrected chi connectivity index (χ4v) is 2.91. The molecule has 0 aliphatic carbocycles. The van der Waals surface area contributed by atoms with E-state index >= 15 is 0 Å². The number of rotatable bonds is 6. The second kappa shape index (κ2) is 7.91. The summed E-state index contributed by atoms with van der Waals surface area (Å²) in [6, 6.07) is 7.31. The second-order valence-corrected chi connectivity index (χ2v) is 6.01. The molecule has 1 saturated heterocycles. The van der Waals surface area contributed by atoms with Crippen LogP contribution in [-0.4, -0.2) is 46.7 Å². The van der Waals surface area contributed by atoms with E-state index in [-0.39, 0.29) is 18.6 Å². The van der Waals surface area contributed by atoms with E-state index in [4.69, 9.17) is 5.73 Å². The Bertz CT molecular complexity index is 724. The SMILES string of the molecule is NC(=O)c1cnc(Nc2ccccn2)cc1N[C@@H]1CCNC[C@@H]1CO. The monoisotopic (exact) mass is 342 g/mol. The predicted octanol–water partition coefficient (Wildman–Crippen LogP) is 0.701. The van der Waals surface area contributed by atoms with Gasteiger partial charge in [0.25, 0.3) is 5.91 Å². The summed E-state index contributed by atoms with van der Waals surface area (Å²) in [5, 5.41) is 19.3. The van der Waals surface area contributed by atoms with Crippen molar-refractivity contribution in [2.45, 2.75) is 12.5 Å². The van der Waals surface area contributed by atoms with Gasteiger partial charge < -0.3 is 26.8 Å². The van der Waals surface area contributed by atoms with Crippen molar-refractivity contribution in [2.75, 3.05) is 30.3 Å². The highest BCUT2D eigenvalue weighted by Gasteiger charge is 2.25. The van der Waals surface area contributed by atoms with Gasteiger partial charge in [0.05, 0.1) is 11.3 Å². The molecule has 0 unspecified atom stereocenters. The van der Waals surface area contributed by atoms with Gasteiger partial charge in [0.1, 0.15) is 11.6 Å². The van der Waals surface area contributed by atoms with Crippen molar-refractivity contribution in [3.05, 3.63) is 42.2 Å². The number of piperidine rings is 1. The minimum atomic E-state index is -0.547. The van der Waals surface area contributed by atoms with Gasteiger partial charge in [0.15, 0.2) is 0 Å². The molecule has 3 rings (SSSR count). The lowest BCUT2D eigenvalue weighted by atomic mass is 9.93. The van der Waals surface area contributed by atoms with Gasteiger partial charge in [-0.15, -0.1) is 0 Å². The summed E-state index contributed by atoms with van der Waals surface area (Å²) < 4.78 is 0. The standard InChI is InChI=1S/C17H22N6O2/c18-17(25)12-9-21-16(23-15-3-1-2-5-20-15)7-14(12)22-13-4-6-19-8-11(13)10-24/h1-3,5,7,9,11,13,19,24H,4,6,8,10H2,(H2,18,25)(H2,20,21,22,23)/t11-,13-/m1/s1. The number of carbonyl (C=O) groups excluding carboxylic acids is 1. The van der Waals surface area contributed by atoms with Gasteiger partial charge in [-0.3, -0.25) is 4.79 Å². The van der Waals surface area contributed by atoms with Crippen molar-refractivity contribution in [3.63, 3.8) is 0 Å². The Labute approximate surface area is 145 Å². The molecule has 0 aromatic carbocycles. The van der Waals surface area contributed by atoms with Gasteiger partial charge in [-0.05, 0) is 25.1 Å². The summed E-state index contributed by atoms with van der Waals surface area (Å²) in [7, 11) is 0. The number of nitrogens with two attached hydrogens (primary N) is 1. The van der Waals surface area contributed by atoms with Crippen LogP contribution in [0.4, 0.5) is 17.3 Å². The summed E-state index contributed by atoms with van der Waals surface area (Å²) in [5.41, 5.74) is 6.40. The molecule has 8 nitrogen and oxygen atoms in total. The number of pyridine rings is 2. The minimum absolute atomic E-state index is 0.0504. The van der Waals surface area contributed by atoms with Crippen molar-refractivity contribution in [1.29, 1.82) is 0 Å². The lowest BCUT2D eigenvalue weighted by Gasteiger charge is -2.32. The summed E-state index contributed by atoms with van der Waals surface area (Å²) in [5.74, 6) is 0.729. The zero-order valence-corrected chi connectivity index (χ0v) is 13.8. The molecular weight excluding hydrogens is 320 g/mol. The summed E-state index contributed by atoms with van der Waals surface area (Å²) in [6.07, 6.45) is 3.97. The van der Waals surface area contributed by atoms with E-state index in [1.807, 2.05) is 18.2 Å². The first-order valence-electron chi connectivity index (χ1n) is 8.23. The predicted molar refractivity (Wildman–Crippen MR) is 95.7 cm³/mol. The number of nitrogens with zero attached hydrogens (tertiary/aromatic N) is 2. The Morgan fingerprint density at radius 1 is 1.36 bits per heavy atom. The molecule has 3 heterocycles. The van der Waals surface area contributed by atoms with Gasteiger partial charge in [-0.25, -0.2) is 9.97 Å². The average molecular weight is 342 g/mol. The number of carbonyl (C=O) groups is 1. The Morgan fingerprint density at radius 3 is 2.96 bits per heavy atom. The molecule has 1 fully saturated rings. The van der Waals surface area contributed by atoms with Crippen molar-refractivity contribution < 1.29 is 9.90 Å². The first kappa shape index (κ1) is 17.1. The molecular formula is C17H22N6O2. The lowest BCUT2D eigenvalue weighted by molar-refractivity contribution is 0.100. The number of anilines is 3. The molecule has 0 radical (unpaired) electrons. The number of nitrogens with one attached hydrogen (secondary N) is 3. The first-order valence-corrected chi connectivity index (χ1v) is 8.23. The molecule has 6 N–H and O–H groups in total. The highest BCUT2D eigenvalue weighted by molar-refractivity contribution is 5.98. The van der Waals surface area contributed by atoms with E-state index in [1.54, 1.807) is 12.3 Å². The zero-order valence-electron chi connectivity index (χ0n) is 13.8. The molecule has 1 aliphatic heterocycles. The van der Waals surface area contributed by atoms with E-state index in [9.17, 15) is 9.90 Å². The van der Waals surface area contributed by atoms with Crippen molar-refractivity contribution in [1.82, 2.24) is 15.3 Å². The first-order chi connectivity index (χ1) is 12.2. The van der Waals surface area contributed by atoms with Gasteiger partial charge >= 0.3 is 0 Å². The van der Waals surface area contributed by atoms with Crippen LogP contribution >= 0.6 is 0 Å². The Morgan fingerprint density at radius 2 is 2.24 bits per heavy atom. The van der Waals surface area contributed by atoms with Crippen LogP contribution in [0, 0.1) is 5.92 Å². The van der Waals surface area contributed by atoms with Crippen LogP contribution in [0.1, 0.15) is 16.8 Å². The molecule has 25 heavy (non-hydrogen) atoms. The maximum absolute atomic E-state index is 11.7. The van der Waals surface area contributed by atoms with Gasteiger partial charge in [-0.2, -0.15) is 0 Å². The number of primary amides is 1. The van der Waals surface area contributed by atoms with Crippen LogP contribution in [-0.2, 0) is 0 Å². The summed E-state index contributed by atoms with van der Waals surface area (Å²) >= 11 is 0. The van der Waals surface area contributed by atoms with Crippen LogP contribution in [0.2, 0.25) is 0 Å². The molecule has 0 bridgehead atoms. The van der Waals surface area contributed by atoms with E-state index < -0.39 is 5.91 Å². The molecule has 132 valence electrons. The van der Waals surface area contributed by atoms with E-state index in [2.05, 4.69) is 25.9 Å². The largest absolute Gasteiger partial charge is 0.396 e. The smallest absolute Gasteiger partial charge is 0.252 e. The molecule has 8 heteroatoms. The Hall–Kier alpha value is -2.71. The number of hydrogen-bond donors (Lipinski definition) is 5. The number of aliphatic hydroxyl groups excluding tert-OH is 1. The van der Waals surface area contributed by atoms with E-state index in [1.165, 1.54) is 6.20 Å². The number of aromatic nitrogens is 2. The van der Waals surface area contributed by atoms with Crippen molar-refractivity contribution in [2.24, 2.45) is 11.7 Å². The van der Waals surface area contributed by atoms with Gasteiger partial charge in [0.2, 0.25) is 0 Å². The summed E-state index contributed by atoms with van der Waals surface area (Å²) in [4.78, 5) is 20.2. The maximum Gasteiger partial charge on any atom is 0.252 e. The number of amides is 1. The fourth-order valence-electron chi connectivity index (χ4n) is 2.91. The highest BCUT2D eigenvalue weighted by Crippen LogP contribution is 2.24. The number of hydrogen-bond acceptors (Lipinski definition) is 7. The Kier molecular flexibility index (Phi) is 5.42. The summed E-state index contributed by atoms with van der Waals surface area (Å²) in [6.45, 7) is 1.65. The quantitative estimate of drug-likeness (QED) is 0.523. The van der Waals surface area contributed by atoms with Crippen LogP contribution in [0.15, 0.2) is 36.7 Å². The second-order valence-electron chi connectivity index (χ2n) is 6.01. The van der Waals surface area contributed by atoms with Crippen LogP contribution < -0.4 is 21.7 Å². The van der Waals surface area contributed by atoms with Gasteiger partial charge in [-0.1, -0.05) is 6.07 Å². The van der Waals surface area contributed by atoms with E-state index in [0.29, 0.717) is 22.9 Å². The van der Waals surface area contributed by atoms with Gasteiger partial charge in [0, 0.05) is 43.6 Å². The maximum atomic E-state index is 11.7. The number of aliphatic hydroxyl groups is 1. The van der Waals surface area contributed by atoms with Crippen LogP contribution in [0.25, 0.3) is 0 Å². The third-order valence-corrected chi connectivity index (χ3v) is 4.27. The minimum Gasteiger partial charge on any atom is -0.396 e. The molecule has 2 atom stereocenters. The molecule has 0 saturated carbocycles. The third kappa shape index (κ3) is 4.23. The molecule has 1 aliphatic rings. The molecule has 2 aromatic rings. The molecule has 0 spiro atoms. The van der Waals surface area contributed by atoms with Crippen LogP contribution in [0.3, 0.4) is 0 Å². The normalized spacial score (nSPS) is 20.0. The fraction of sp³-hybridized carbons (Fsp3) is 0.353. The average Bonchev–Trinajstić information content (AvgIpc) is 2.63.